The van der Waals surface area contributed by atoms with Gasteiger partial charge in [0.05, 0.1) is 7.11 Å². The second kappa shape index (κ2) is 5.17. The van der Waals surface area contributed by atoms with Gasteiger partial charge in [-0.15, -0.1) is 0 Å². The maximum absolute atomic E-state index is 6.05. The molecule has 0 fully saturated rings. The van der Waals surface area contributed by atoms with Crippen molar-refractivity contribution in [2.75, 3.05) is 13.7 Å². The molecule has 1 unspecified atom stereocenters. The molecule has 0 aromatic heterocycles. The van der Waals surface area contributed by atoms with Gasteiger partial charge in [0.25, 0.3) is 0 Å². The number of rotatable bonds is 4. The first-order chi connectivity index (χ1) is 8.24. The van der Waals surface area contributed by atoms with E-state index in [4.69, 9.17) is 16.2 Å². The van der Waals surface area contributed by atoms with Crippen LogP contribution in [0.3, 0.4) is 0 Å². The molecule has 0 aliphatic carbocycles. The van der Waals surface area contributed by atoms with Gasteiger partial charge in [-0.25, -0.2) is 0 Å². The Kier molecular flexibility index (Phi) is 3.61. The third-order valence-electron chi connectivity index (χ3n) is 2.98. The molecule has 0 aliphatic heterocycles. The minimum absolute atomic E-state index is 0.0199. The molecule has 1 atom stereocenters. The average Bonchev–Trinajstić information content (AvgIpc) is 2.37. The predicted molar refractivity (Wildman–Crippen MR) is 71.1 cm³/mol. The zero-order chi connectivity index (χ0) is 12.3. The molecule has 2 aromatic rings. The van der Waals surface area contributed by atoms with Crippen molar-refractivity contribution in [1.82, 2.24) is 0 Å². The van der Waals surface area contributed by atoms with Crippen LogP contribution in [-0.2, 0) is 0 Å². The molecular formula is C14H18N2O. The number of fused-ring (bicyclic) bond motifs is 1. The monoisotopic (exact) mass is 230 g/mol. The summed E-state index contributed by atoms with van der Waals surface area (Å²) in [6.07, 6.45) is 0.807. The fourth-order valence-corrected chi connectivity index (χ4v) is 1.95. The number of nitrogens with two attached hydrogens (primary N) is 2. The molecular weight excluding hydrogens is 212 g/mol. The Morgan fingerprint density at radius 2 is 1.82 bits per heavy atom. The molecule has 0 bridgehead atoms. The maximum Gasteiger partial charge on any atom is 0.119 e. The van der Waals surface area contributed by atoms with E-state index in [0.717, 1.165) is 23.1 Å². The van der Waals surface area contributed by atoms with Crippen molar-refractivity contribution in [3.05, 3.63) is 42.0 Å². The van der Waals surface area contributed by atoms with E-state index in [2.05, 4.69) is 18.2 Å². The van der Waals surface area contributed by atoms with Crippen molar-refractivity contribution in [2.24, 2.45) is 11.5 Å². The van der Waals surface area contributed by atoms with Crippen molar-refractivity contribution in [2.45, 2.75) is 12.5 Å². The fourth-order valence-electron chi connectivity index (χ4n) is 1.95. The van der Waals surface area contributed by atoms with E-state index < -0.39 is 0 Å². The number of hydrogen-bond donors (Lipinski definition) is 2. The first-order valence-corrected chi connectivity index (χ1v) is 5.78. The van der Waals surface area contributed by atoms with Gasteiger partial charge in [0.15, 0.2) is 0 Å². The lowest BCUT2D eigenvalue weighted by atomic mass is 10.0. The van der Waals surface area contributed by atoms with E-state index in [1.165, 1.54) is 5.39 Å². The molecule has 0 radical (unpaired) electrons. The highest BCUT2D eigenvalue weighted by Crippen LogP contribution is 2.24. The quantitative estimate of drug-likeness (QED) is 0.846. The molecule has 0 spiro atoms. The van der Waals surface area contributed by atoms with Gasteiger partial charge in [-0.3, -0.25) is 0 Å². The maximum atomic E-state index is 6.05. The topological polar surface area (TPSA) is 61.3 Å². The van der Waals surface area contributed by atoms with Crippen LogP contribution in [-0.4, -0.2) is 13.7 Å². The zero-order valence-corrected chi connectivity index (χ0v) is 10.0. The van der Waals surface area contributed by atoms with E-state index >= 15 is 0 Å². The molecule has 3 nitrogen and oxygen atoms in total. The Labute approximate surface area is 101 Å². The number of methoxy groups -OCH3 is 1. The van der Waals surface area contributed by atoms with Crippen molar-refractivity contribution in [3.8, 4) is 5.75 Å². The van der Waals surface area contributed by atoms with Crippen LogP contribution in [0.25, 0.3) is 10.8 Å². The van der Waals surface area contributed by atoms with E-state index in [9.17, 15) is 0 Å². The standard InChI is InChI=1S/C14H18N2O/c1-17-13-5-4-10-8-12(14(16)6-7-15)3-2-11(10)9-13/h2-5,8-9,14H,6-7,15-16H2,1H3. The molecule has 0 aliphatic rings. The summed E-state index contributed by atoms with van der Waals surface area (Å²) in [4.78, 5) is 0. The molecule has 17 heavy (non-hydrogen) atoms. The highest BCUT2D eigenvalue weighted by molar-refractivity contribution is 5.84. The van der Waals surface area contributed by atoms with Gasteiger partial charge in [0.2, 0.25) is 0 Å². The summed E-state index contributed by atoms with van der Waals surface area (Å²) in [6, 6.07) is 12.3. The summed E-state index contributed by atoms with van der Waals surface area (Å²) < 4.78 is 5.20. The van der Waals surface area contributed by atoms with E-state index in [1.54, 1.807) is 7.11 Å². The molecule has 4 N–H and O–H groups in total. The lowest BCUT2D eigenvalue weighted by Crippen LogP contribution is -2.15. The molecule has 0 amide bonds. The van der Waals surface area contributed by atoms with Gasteiger partial charge in [-0.2, -0.15) is 0 Å². The Bertz CT molecular complexity index is 511. The third-order valence-corrected chi connectivity index (χ3v) is 2.98. The molecule has 2 aromatic carbocycles. The van der Waals surface area contributed by atoms with Gasteiger partial charge in [0.1, 0.15) is 5.75 Å². The largest absolute Gasteiger partial charge is 0.497 e. The van der Waals surface area contributed by atoms with Crippen LogP contribution >= 0.6 is 0 Å². The molecule has 0 saturated heterocycles. The van der Waals surface area contributed by atoms with Crippen molar-refractivity contribution >= 4 is 10.8 Å². The third kappa shape index (κ3) is 2.57. The van der Waals surface area contributed by atoms with Crippen LogP contribution in [0.2, 0.25) is 0 Å². The first-order valence-electron chi connectivity index (χ1n) is 5.78. The van der Waals surface area contributed by atoms with E-state index in [-0.39, 0.29) is 6.04 Å². The van der Waals surface area contributed by atoms with Gasteiger partial charge in [0, 0.05) is 6.04 Å². The van der Waals surface area contributed by atoms with Crippen LogP contribution in [0.15, 0.2) is 36.4 Å². The molecule has 2 rings (SSSR count). The lowest BCUT2D eigenvalue weighted by molar-refractivity contribution is 0.415. The van der Waals surface area contributed by atoms with E-state index in [1.807, 2.05) is 18.2 Å². The average molecular weight is 230 g/mol. The number of benzene rings is 2. The number of hydrogen-bond acceptors (Lipinski definition) is 3. The van der Waals surface area contributed by atoms with Crippen molar-refractivity contribution in [3.63, 3.8) is 0 Å². The van der Waals surface area contributed by atoms with Gasteiger partial charge >= 0.3 is 0 Å². The second-order valence-electron chi connectivity index (χ2n) is 4.16. The van der Waals surface area contributed by atoms with Crippen LogP contribution in [0, 0.1) is 0 Å². The highest BCUT2D eigenvalue weighted by Gasteiger charge is 2.05. The van der Waals surface area contributed by atoms with Gasteiger partial charge < -0.3 is 16.2 Å². The Balaban J connectivity index is 2.37. The van der Waals surface area contributed by atoms with E-state index in [0.29, 0.717) is 6.54 Å². The highest BCUT2D eigenvalue weighted by atomic mass is 16.5. The van der Waals surface area contributed by atoms with Crippen molar-refractivity contribution < 1.29 is 4.74 Å². The summed E-state index contributed by atoms with van der Waals surface area (Å²) in [5.74, 6) is 0.872. The molecule has 0 saturated carbocycles. The lowest BCUT2D eigenvalue weighted by Gasteiger charge is -2.12. The SMILES string of the molecule is COc1ccc2cc(C(N)CCN)ccc2c1. The Morgan fingerprint density at radius 1 is 1.12 bits per heavy atom. The normalized spacial score (nSPS) is 12.6. The van der Waals surface area contributed by atoms with Gasteiger partial charge in [-0.05, 0) is 47.5 Å². The Hall–Kier alpha value is -1.58. The predicted octanol–water partition coefficient (Wildman–Crippen LogP) is 2.20. The summed E-state index contributed by atoms with van der Waals surface area (Å²) in [6.45, 7) is 0.613. The summed E-state index contributed by atoms with van der Waals surface area (Å²) in [7, 11) is 1.67. The zero-order valence-electron chi connectivity index (χ0n) is 10.0. The summed E-state index contributed by atoms with van der Waals surface area (Å²) >= 11 is 0. The van der Waals surface area contributed by atoms with Crippen LogP contribution in [0.1, 0.15) is 18.0 Å². The second-order valence-corrected chi connectivity index (χ2v) is 4.16. The minimum Gasteiger partial charge on any atom is -0.497 e. The van der Waals surface area contributed by atoms with Crippen LogP contribution in [0.5, 0.6) is 5.75 Å². The number of ether oxygens (including phenoxy) is 1. The summed E-state index contributed by atoms with van der Waals surface area (Å²) in [5, 5.41) is 2.34. The molecule has 3 heteroatoms. The summed E-state index contributed by atoms with van der Waals surface area (Å²) in [5.41, 5.74) is 12.7. The minimum atomic E-state index is 0.0199. The first kappa shape index (κ1) is 11.9. The van der Waals surface area contributed by atoms with Crippen molar-refractivity contribution in [1.29, 1.82) is 0 Å². The molecule has 0 heterocycles. The van der Waals surface area contributed by atoms with Crippen LogP contribution < -0.4 is 16.2 Å². The van der Waals surface area contributed by atoms with Crippen LogP contribution in [0.4, 0.5) is 0 Å². The molecule has 90 valence electrons. The fraction of sp³-hybridized carbons (Fsp3) is 0.286. The van der Waals surface area contributed by atoms with Gasteiger partial charge in [-0.1, -0.05) is 18.2 Å². The Morgan fingerprint density at radius 3 is 2.53 bits per heavy atom. The smallest absolute Gasteiger partial charge is 0.119 e.